The zero-order chi connectivity index (χ0) is 14.0. The first-order valence-electron chi connectivity index (χ1n) is 6.17. The number of nitrogens with two attached hydrogens (primary N) is 1. The lowest BCUT2D eigenvalue weighted by molar-refractivity contribution is 0.368. The van der Waals surface area contributed by atoms with Gasteiger partial charge in [-0.05, 0) is 49.1 Å². The van der Waals surface area contributed by atoms with Crippen molar-refractivity contribution in [2.75, 3.05) is 20.6 Å². The number of aryl methyl sites for hydroxylation is 1. The Morgan fingerprint density at radius 3 is 2.79 bits per heavy atom. The molecular weight excluding hydrogens is 324 g/mol. The lowest BCUT2D eigenvalue weighted by Crippen LogP contribution is -2.23. The molecule has 0 aliphatic rings. The molecule has 6 heteroatoms. The van der Waals surface area contributed by atoms with Gasteiger partial charge in [0.2, 0.25) is 0 Å². The molecule has 0 radical (unpaired) electrons. The molecule has 0 fully saturated rings. The van der Waals surface area contributed by atoms with Gasteiger partial charge in [-0.1, -0.05) is 0 Å². The van der Waals surface area contributed by atoms with Crippen molar-refractivity contribution in [2.24, 2.45) is 5.73 Å². The van der Waals surface area contributed by atoms with Crippen molar-refractivity contribution in [1.82, 2.24) is 14.7 Å². The number of hydrogen-bond acceptors (Lipinski definition) is 4. The number of hydrogen-bond donors (Lipinski definition) is 1. The third-order valence-electron chi connectivity index (χ3n) is 2.95. The molecule has 0 saturated carbocycles. The summed E-state index contributed by atoms with van der Waals surface area (Å²) >= 11 is 5.30. The minimum Gasteiger partial charge on any atom is -0.318 e. The molecule has 0 aliphatic heterocycles. The Kier molecular flexibility index (Phi) is 4.78. The van der Waals surface area contributed by atoms with Crippen LogP contribution < -0.4 is 5.73 Å². The normalized spacial score (nSPS) is 13.2. The highest BCUT2D eigenvalue weighted by Crippen LogP contribution is 2.30. The Morgan fingerprint density at radius 1 is 1.47 bits per heavy atom. The molecule has 0 aliphatic carbocycles. The molecular formula is C13H19BrN4S. The maximum Gasteiger partial charge on any atom is 0.0828 e. The summed E-state index contributed by atoms with van der Waals surface area (Å²) in [5, 5.41) is 4.41. The Morgan fingerprint density at radius 2 is 2.21 bits per heavy atom. The SMILES string of the molecule is Cc1ccc(C(N)c2c(Br)cnn2CCN(C)C)s1. The highest BCUT2D eigenvalue weighted by molar-refractivity contribution is 9.10. The van der Waals surface area contributed by atoms with Crippen LogP contribution in [0.25, 0.3) is 0 Å². The Hall–Kier alpha value is -0.690. The van der Waals surface area contributed by atoms with Gasteiger partial charge < -0.3 is 10.6 Å². The van der Waals surface area contributed by atoms with Gasteiger partial charge in [-0.25, -0.2) is 0 Å². The minimum absolute atomic E-state index is 0.127. The van der Waals surface area contributed by atoms with Gasteiger partial charge in [-0.3, -0.25) is 4.68 Å². The molecule has 2 N–H and O–H groups in total. The summed E-state index contributed by atoms with van der Waals surface area (Å²) in [5.41, 5.74) is 7.43. The summed E-state index contributed by atoms with van der Waals surface area (Å²) in [6, 6.07) is 4.08. The number of aromatic nitrogens is 2. The molecule has 2 heterocycles. The van der Waals surface area contributed by atoms with Crippen LogP contribution in [0.2, 0.25) is 0 Å². The van der Waals surface area contributed by atoms with Gasteiger partial charge in [0.05, 0.1) is 29.0 Å². The van der Waals surface area contributed by atoms with Crippen molar-refractivity contribution in [3.63, 3.8) is 0 Å². The van der Waals surface area contributed by atoms with Crippen LogP contribution in [-0.2, 0) is 6.54 Å². The first kappa shape index (κ1) is 14.7. The summed E-state index contributed by atoms with van der Waals surface area (Å²) < 4.78 is 2.97. The minimum atomic E-state index is -0.127. The van der Waals surface area contributed by atoms with Crippen LogP contribution in [0.4, 0.5) is 0 Å². The molecule has 2 aromatic heterocycles. The third kappa shape index (κ3) is 3.45. The molecule has 0 aromatic carbocycles. The average molecular weight is 343 g/mol. The van der Waals surface area contributed by atoms with Crippen molar-refractivity contribution in [2.45, 2.75) is 19.5 Å². The van der Waals surface area contributed by atoms with Gasteiger partial charge in [-0.2, -0.15) is 5.10 Å². The molecule has 1 atom stereocenters. The Balaban J connectivity index is 2.25. The summed E-state index contributed by atoms with van der Waals surface area (Å²) in [4.78, 5) is 4.59. The second-order valence-electron chi connectivity index (χ2n) is 4.83. The average Bonchev–Trinajstić information content (AvgIpc) is 2.92. The van der Waals surface area contributed by atoms with E-state index in [1.54, 1.807) is 11.3 Å². The van der Waals surface area contributed by atoms with E-state index in [1.807, 2.05) is 10.9 Å². The van der Waals surface area contributed by atoms with E-state index in [4.69, 9.17) is 5.73 Å². The van der Waals surface area contributed by atoms with Crippen molar-refractivity contribution in [1.29, 1.82) is 0 Å². The topological polar surface area (TPSA) is 47.1 Å². The van der Waals surface area contributed by atoms with E-state index in [2.05, 4.69) is 59.1 Å². The van der Waals surface area contributed by atoms with Crippen LogP contribution in [0.5, 0.6) is 0 Å². The highest BCUT2D eigenvalue weighted by Gasteiger charge is 2.19. The predicted octanol–water partition coefficient (Wildman–Crippen LogP) is 2.63. The summed E-state index contributed by atoms with van der Waals surface area (Å²) in [6.45, 7) is 3.88. The molecule has 2 rings (SSSR count). The maximum absolute atomic E-state index is 6.39. The fourth-order valence-electron chi connectivity index (χ4n) is 1.91. The summed E-state index contributed by atoms with van der Waals surface area (Å²) in [7, 11) is 4.11. The molecule has 4 nitrogen and oxygen atoms in total. The number of nitrogens with zero attached hydrogens (tertiary/aromatic N) is 3. The highest BCUT2D eigenvalue weighted by atomic mass is 79.9. The quantitative estimate of drug-likeness (QED) is 0.908. The van der Waals surface area contributed by atoms with Gasteiger partial charge in [0.15, 0.2) is 0 Å². The fourth-order valence-corrected chi connectivity index (χ4v) is 3.33. The lowest BCUT2D eigenvalue weighted by atomic mass is 10.2. The van der Waals surface area contributed by atoms with Gasteiger partial charge in [-0.15, -0.1) is 11.3 Å². The standard InChI is InChI=1S/C13H19BrN4S/c1-9-4-5-11(19-9)12(15)13-10(14)8-16-18(13)7-6-17(2)3/h4-5,8,12H,6-7,15H2,1-3H3. The van der Waals surface area contributed by atoms with Crippen LogP contribution in [0.1, 0.15) is 21.5 Å². The molecule has 104 valence electrons. The fraction of sp³-hybridized carbons (Fsp3) is 0.462. The van der Waals surface area contributed by atoms with Crippen molar-refractivity contribution in [3.05, 3.63) is 38.3 Å². The monoisotopic (exact) mass is 342 g/mol. The van der Waals surface area contributed by atoms with E-state index in [1.165, 1.54) is 9.75 Å². The first-order chi connectivity index (χ1) is 8.99. The molecule has 0 amide bonds. The first-order valence-corrected chi connectivity index (χ1v) is 7.78. The largest absolute Gasteiger partial charge is 0.318 e. The Labute approximate surface area is 126 Å². The summed E-state index contributed by atoms with van der Waals surface area (Å²) in [6.07, 6.45) is 1.82. The van der Waals surface area contributed by atoms with Crippen LogP contribution in [0.3, 0.4) is 0 Å². The zero-order valence-corrected chi connectivity index (χ0v) is 13.8. The molecule has 0 bridgehead atoms. The van der Waals surface area contributed by atoms with E-state index in [0.29, 0.717) is 0 Å². The van der Waals surface area contributed by atoms with Gasteiger partial charge in [0.1, 0.15) is 0 Å². The van der Waals surface area contributed by atoms with Crippen molar-refractivity contribution in [3.8, 4) is 0 Å². The number of likely N-dealkylation sites (N-methyl/N-ethyl adjacent to an activating group) is 1. The maximum atomic E-state index is 6.39. The van der Waals surface area contributed by atoms with E-state index in [0.717, 1.165) is 23.3 Å². The smallest absolute Gasteiger partial charge is 0.0828 e. The lowest BCUT2D eigenvalue weighted by Gasteiger charge is -2.16. The van der Waals surface area contributed by atoms with E-state index < -0.39 is 0 Å². The van der Waals surface area contributed by atoms with Gasteiger partial charge >= 0.3 is 0 Å². The van der Waals surface area contributed by atoms with E-state index >= 15 is 0 Å². The second kappa shape index (κ2) is 6.17. The molecule has 2 aromatic rings. The molecule has 0 saturated heterocycles. The van der Waals surface area contributed by atoms with Gasteiger partial charge in [0.25, 0.3) is 0 Å². The molecule has 19 heavy (non-hydrogen) atoms. The molecule has 0 spiro atoms. The van der Waals surface area contributed by atoms with Crippen molar-refractivity contribution < 1.29 is 0 Å². The number of thiophene rings is 1. The van der Waals surface area contributed by atoms with Crippen LogP contribution in [0, 0.1) is 6.92 Å². The number of rotatable bonds is 5. The predicted molar refractivity (Wildman–Crippen MR) is 83.6 cm³/mol. The van der Waals surface area contributed by atoms with E-state index in [-0.39, 0.29) is 6.04 Å². The number of halogens is 1. The zero-order valence-electron chi connectivity index (χ0n) is 11.4. The Bertz CT molecular complexity index is 547. The van der Waals surface area contributed by atoms with Crippen LogP contribution >= 0.6 is 27.3 Å². The third-order valence-corrected chi connectivity index (χ3v) is 4.65. The summed E-state index contributed by atoms with van der Waals surface area (Å²) in [5.74, 6) is 0. The van der Waals surface area contributed by atoms with Crippen LogP contribution in [-0.4, -0.2) is 35.3 Å². The molecule has 1 unspecified atom stereocenters. The second-order valence-corrected chi connectivity index (χ2v) is 7.00. The van der Waals surface area contributed by atoms with E-state index in [9.17, 15) is 0 Å². The van der Waals surface area contributed by atoms with Crippen molar-refractivity contribution >= 4 is 27.3 Å². The van der Waals surface area contributed by atoms with Crippen LogP contribution in [0.15, 0.2) is 22.8 Å². The van der Waals surface area contributed by atoms with Gasteiger partial charge in [0, 0.05) is 16.3 Å².